The minimum absolute atomic E-state index is 0.0476. The number of pyridine rings is 1. The highest BCUT2D eigenvalue weighted by Gasteiger charge is 2.16. The first-order chi connectivity index (χ1) is 9.38. The van der Waals surface area contributed by atoms with Crippen molar-refractivity contribution in [3.8, 4) is 0 Å². The number of anilines is 1. The van der Waals surface area contributed by atoms with Gasteiger partial charge in [-0.25, -0.2) is 0 Å². The van der Waals surface area contributed by atoms with Crippen molar-refractivity contribution in [1.29, 1.82) is 0 Å². The van der Waals surface area contributed by atoms with Crippen molar-refractivity contribution in [2.45, 2.75) is 26.2 Å². The SMILES string of the molecule is CC(C)(C)c1cc(NC(=O)c2ccccc2Br)ccn1. The van der Waals surface area contributed by atoms with Crippen LogP contribution in [-0.2, 0) is 5.41 Å². The number of amides is 1. The maximum Gasteiger partial charge on any atom is 0.256 e. The predicted molar refractivity (Wildman–Crippen MR) is 85.0 cm³/mol. The van der Waals surface area contributed by atoms with Gasteiger partial charge >= 0.3 is 0 Å². The van der Waals surface area contributed by atoms with E-state index in [4.69, 9.17) is 0 Å². The standard InChI is InChI=1S/C16H17BrN2O/c1-16(2,3)14-10-11(8-9-18-14)19-15(20)12-6-4-5-7-13(12)17/h4-10H,1-3H3,(H,18,19,20). The normalized spacial score (nSPS) is 11.2. The summed E-state index contributed by atoms with van der Waals surface area (Å²) in [6.07, 6.45) is 1.72. The number of hydrogen-bond acceptors (Lipinski definition) is 2. The average Bonchev–Trinajstić information content (AvgIpc) is 2.38. The Kier molecular flexibility index (Phi) is 4.23. The molecule has 4 heteroatoms. The van der Waals surface area contributed by atoms with Crippen molar-refractivity contribution in [2.24, 2.45) is 0 Å². The Morgan fingerprint density at radius 3 is 2.55 bits per heavy atom. The molecule has 0 bridgehead atoms. The van der Waals surface area contributed by atoms with Crippen LogP contribution in [0.2, 0.25) is 0 Å². The van der Waals surface area contributed by atoms with Crippen LogP contribution in [0, 0.1) is 0 Å². The second-order valence-electron chi connectivity index (χ2n) is 5.61. The number of rotatable bonds is 2. The number of carbonyl (C=O) groups is 1. The summed E-state index contributed by atoms with van der Waals surface area (Å²) in [5.41, 5.74) is 2.27. The number of carbonyl (C=O) groups excluding carboxylic acids is 1. The number of nitrogens with one attached hydrogen (secondary N) is 1. The van der Waals surface area contributed by atoms with Gasteiger partial charge in [-0.15, -0.1) is 0 Å². The molecule has 20 heavy (non-hydrogen) atoms. The van der Waals surface area contributed by atoms with Crippen LogP contribution >= 0.6 is 15.9 Å². The van der Waals surface area contributed by atoms with E-state index < -0.39 is 0 Å². The lowest BCUT2D eigenvalue weighted by molar-refractivity contribution is 0.102. The molecule has 0 fully saturated rings. The van der Waals surface area contributed by atoms with Crippen LogP contribution in [0.25, 0.3) is 0 Å². The Morgan fingerprint density at radius 1 is 1.20 bits per heavy atom. The van der Waals surface area contributed by atoms with Gasteiger partial charge in [0.05, 0.1) is 5.56 Å². The van der Waals surface area contributed by atoms with Gasteiger partial charge in [-0.2, -0.15) is 0 Å². The Labute approximate surface area is 127 Å². The third kappa shape index (κ3) is 3.45. The first-order valence-corrected chi connectivity index (χ1v) is 7.19. The number of aromatic nitrogens is 1. The van der Waals surface area contributed by atoms with E-state index in [9.17, 15) is 4.79 Å². The largest absolute Gasteiger partial charge is 0.322 e. The summed E-state index contributed by atoms with van der Waals surface area (Å²) in [6.45, 7) is 6.28. The summed E-state index contributed by atoms with van der Waals surface area (Å²) in [7, 11) is 0. The van der Waals surface area contributed by atoms with E-state index >= 15 is 0 Å². The van der Waals surface area contributed by atoms with Crippen LogP contribution in [0.4, 0.5) is 5.69 Å². The number of benzene rings is 1. The first-order valence-electron chi connectivity index (χ1n) is 6.40. The molecule has 2 aromatic rings. The summed E-state index contributed by atoms with van der Waals surface area (Å²) in [5.74, 6) is -0.136. The van der Waals surface area contributed by atoms with E-state index in [1.807, 2.05) is 24.3 Å². The predicted octanol–water partition coefficient (Wildman–Crippen LogP) is 4.39. The van der Waals surface area contributed by atoms with E-state index in [1.165, 1.54) is 0 Å². The highest BCUT2D eigenvalue weighted by Crippen LogP contribution is 2.23. The molecule has 0 atom stereocenters. The third-order valence-electron chi connectivity index (χ3n) is 2.90. The molecule has 0 aliphatic heterocycles. The molecule has 3 nitrogen and oxygen atoms in total. The van der Waals surface area contributed by atoms with Crippen molar-refractivity contribution >= 4 is 27.5 Å². The van der Waals surface area contributed by atoms with Crippen LogP contribution in [0.5, 0.6) is 0 Å². The summed E-state index contributed by atoms with van der Waals surface area (Å²) in [4.78, 5) is 16.6. The Morgan fingerprint density at radius 2 is 1.90 bits per heavy atom. The van der Waals surface area contributed by atoms with E-state index in [2.05, 4.69) is 47.0 Å². The number of hydrogen-bond donors (Lipinski definition) is 1. The van der Waals surface area contributed by atoms with Crippen molar-refractivity contribution in [3.63, 3.8) is 0 Å². The van der Waals surface area contributed by atoms with E-state index in [0.29, 0.717) is 5.56 Å². The molecule has 0 spiro atoms. The fraction of sp³-hybridized carbons (Fsp3) is 0.250. The van der Waals surface area contributed by atoms with Crippen molar-refractivity contribution in [1.82, 2.24) is 4.98 Å². The van der Waals surface area contributed by atoms with E-state index in [-0.39, 0.29) is 11.3 Å². The molecule has 1 aromatic carbocycles. The zero-order chi connectivity index (χ0) is 14.8. The molecule has 0 radical (unpaired) electrons. The topological polar surface area (TPSA) is 42.0 Å². The quantitative estimate of drug-likeness (QED) is 0.885. The van der Waals surface area contributed by atoms with Gasteiger partial charge in [0.2, 0.25) is 0 Å². The van der Waals surface area contributed by atoms with E-state index in [0.717, 1.165) is 15.9 Å². The van der Waals surface area contributed by atoms with Crippen LogP contribution in [0.15, 0.2) is 47.1 Å². The lowest BCUT2D eigenvalue weighted by Gasteiger charge is -2.18. The highest BCUT2D eigenvalue weighted by atomic mass is 79.9. The van der Waals surface area contributed by atoms with Crippen LogP contribution < -0.4 is 5.32 Å². The molecule has 0 saturated carbocycles. The fourth-order valence-electron chi connectivity index (χ4n) is 1.76. The van der Waals surface area contributed by atoms with Crippen LogP contribution in [0.1, 0.15) is 36.8 Å². The highest BCUT2D eigenvalue weighted by molar-refractivity contribution is 9.10. The van der Waals surface area contributed by atoms with Crippen molar-refractivity contribution in [3.05, 3.63) is 58.3 Å². The zero-order valence-electron chi connectivity index (χ0n) is 11.8. The second kappa shape index (κ2) is 5.75. The summed E-state index contributed by atoms with van der Waals surface area (Å²) in [6, 6.07) is 11.1. The molecule has 0 aliphatic rings. The fourth-order valence-corrected chi connectivity index (χ4v) is 2.23. The maximum atomic E-state index is 12.2. The third-order valence-corrected chi connectivity index (χ3v) is 3.60. The lowest BCUT2D eigenvalue weighted by atomic mass is 9.91. The molecular formula is C16H17BrN2O. The second-order valence-corrected chi connectivity index (χ2v) is 6.47. The van der Waals surface area contributed by atoms with Crippen LogP contribution in [0.3, 0.4) is 0 Å². The summed E-state index contributed by atoms with van der Waals surface area (Å²) in [5, 5.41) is 2.90. The van der Waals surface area contributed by atoms with Gasteiger partial charge < -0.3 is 5.32 Å². The molecule has 1 amide bonds. The minimum atomic E-state index is -0.136. The summed E-state index contributed by atoms with van der Waals surface area (Å²) < 4.78 is 0.780. The van der Waals surface area contributed by atoms with Gasteiger partial charge in [-0.05, 0) is 40.2 Å². The number of halogens is 1. The molecule has 0 unspecified atom stereocenters. The Bertz CT molecular complexity index is 632. The zero-order valence-corrected chi connectivity index (χ0v) is 13.4. The Balaban J connectivity index is 2.23. The molecule has 1 heterocycles. The lowest BCUT2D eigenvalue weighted by Crippen LogP contribution is -2.16. The van der Waals surface area contributed by atoms with Crippen molar-refractivity contribution < 1.29 is 4.79 Å². The molecule has 1 aromatic heterocycles. The van der Waals surface area contributed by atoms with E-state index in [1.54, 1.807) is 18.3 Å². The van der Waals surface area contributed by atoms with Gasteiger partial charge in [0, 0.05) is 27.5 Å². The Hall–Kier alpha value is -1.68. The van der Waals surface area contributed by atoms with Gasteiger partial charge in [0.1, 0.15) is 0 Å². The van der Waals surface area contributed by atoms with Gasteiger partial charge in [-0.3, -0.25) is 9.78 Å². The maximum absolute atomic E-state index is 12.2. The van der Waals surface area contributed by atoms with Gasteiger partial charge in [0.15, 0.2) is 0 Å². The molecule has 0 saturated heterocycles. The van der Waals surface area contributed by atoms with Gasteiger partial charge in [0.25, 0.3) is 5.91 Å². The molecule has 104 valence electrons. The molecular weight excluding hydrogens is 316 g/mol. The molecule has 1 N–H and O–H groups in total. The monoisotopic (exact) mass is 332 g/mol. The first kappa shape index (κ1) is 14.7. The molecule has 0 aliphatic carbocycles. The van der Waals surface area contributed by atoms with Gasteiger partial charge in [-0.1, -0.05) is 32.9 Å². The van der Waals surface area contributed by atoms with Crippen LogP contribution in [-0.4, -0.2) is 10.9 Å². The average molecular weight is 333 g/mol. The summed E-state index contributed by atoms with van der Waals surface area (Å²) >= 11 is 3.38. The minimum Gasteiger partial charge on any atom is -0.322 e. The smallest absolute Gasteiger partial charge is 0.256 e. The number of nitrogens with zero attached hydrogens (tertiary/aromatic N) is 1. The van der Waals surface area contributed by atoms with Crippen molar-refractivity contribution in [2.75, 3.05) is 5.32 Å². The molecule has 2 rings (SSSR count).